The fraction of sp³-hybridized carbons (Fsp3) is 0.286. The van der Waals surface area contributed by atoms with Gasteiger partial charge < -0.3 is 4.57 Å². The lowest BCUT2D eigenvalue weighted by atomic mass is 10.0. The molecule has 3 rings (SSSR count). The van der Waals surface area contributed by atoms with Crippen molar-refractivity contribution in [3.8, 4) is 0 Å². The van der Waals surface area contributed by atoms with E-state index in [1.54, 1.807) is 0 Å². The maximum absolute atomic E-state index is 2.29. The van der Waals surface area contributed by atoms with Crippen LogP contribution in [0.25, 0.3) is 17.0 Å². The van der Waals surface area contributed by atoms with Gasteiger partial charge in [-0.1, -0.05) is 18.2 Å². The predicted molar refractivity (Wildman–Crippen MR) is 65.1 cm³/mol. The van der Waals surface area contributed by atoms with Gasteiger partial charge in [-0.3, -0.25) is 0 Å². The Morgan fingerprint density at radius 1 is 1.20 bits per heavy atom. The molecule has 0 fully saturated rings. The summed E-state index contributed by atoms with van der Waals surface area (Å²) in [5.74, 6) is 0. The molecular weight excluding hydrogens is 182 g/mol. The Bertz CT molecular complexity index is 585. The summed E-state index contributed by atoms with van der Waals surface area (Å²) in [6, 6.07) is 4.48. The highest BCUT2D eigenvalue weighted by Crippen LogP contribution is 2.33. The molecule has 1 aromatic carbocycles. The third-order valence-electron chi connectivity index (χ3n) is 3.73. The van der Waals surface area contributed by atoms with Crippen LogP contribution in [0.2, 0.25) is 0 Å². The molecule has 0 bridgehead atoms. The van der Waals surface area contributed by atoms with Crippen LogP contribution >= 0.6 is 0 Å². The summed E-state index contributed by atoms with van der Waals surface area (Å²) in [6.07, 6.45) is 5.58. The van der Waals surface area contributed by atoms with Gasteiger partial charge in [-0.2, -0.15) is 0 Å². The van der Waals surface area contributed by atoms with E-state index < -0.39 is 0 Å². The summed E-state index contributed by atoms with van der Waals surface area (Å²) >= 11 is 0. The molecule has 1 aromatic heterocycles. The Hall–Kier alpha value is -1.50. The average Bonchev–Trinajstić information content (AvgIpc) is 2.78. The number of hydrogen-bond donors (Lipinski definition) is 0. The van der Waals surface area contributed by atoms with Crippen LogP contribution in [0.5, 0.6) is 0 Å². The van der Waals surface area contributed by atoms with Gasteiger partial charge in [0.05, 0.1) is 0 Å². The van der Waals surface area contributed by atoms with Gasteiger partial charge in [0, 0.05) is 23.6 Å². The molecule has 1 aliphatic rings. The first-order valence-electron chi connectivity index (χ1n) is 5.44. The minimum absolute atomic E-state index is 1.09. The van der Waals surface area contributed by atoms with Crippen molar-refractivity contribution in [1.82, 2.24) is 4.57 Å². The van der Waals surface area contributed by atoms with Crippen LogP contribution in [0.3, 0.4) is 0 Å². The Balaban J connectivity index is 2.52. The van der Waals surface area contributed by atoms with Gasteiger partial charge in [-0.25, -0.2) is 0 Å². The van der Waals surface area contributed by atoms with Crippen LogP contribution in [0.15, 0.2) is 18.2 Å². The van der Waals surface area contributed by atoms with Gasteiger partial charge in [-0.05, 0) is 43.0 Å². The zero-order valence-electron chi connectivity index (χ0n) is 9.46. The van der Waals surface area contributed by atoms with E-state index in [4.69, 9.17) is 0 Å². The number of aryl methyl sites for hydroxylation is 2. The molecule has 0 amide bonds. The summed E-state index contributed by atoms with van der Waals surface area (Å²) in [7, 11) is 2.15. The number of rotatable bonds is 0. The highest BCUT2D eigenvalue weighted by Gasteiger charge is 2.15. The fourth-order valence-corrected chi connectivity index (χ4v) is 2.64. The number of allylic oxidation sites excluding steroid dienone is 1. The number of benzene rings is 1. The molecule has 1 nitrogen and oxygen atoms in total. The molecule has 1 aliphatic carbocycles. The van der Waals surface area contributed by atoms with Gasteiger partial charge in [0.25, 0.3) is 0 Å². The molecule has 0 spiro atoms. The van der Waals surface area contributed by atoms with Crippen molar-refractivity contribution in [3.05, 3.63) is 40.6 Å². The molecule has 0 saturated carbocycles. The van der Waals surface area contributed by atoms with Crippen molar-refractivity contribution in [2.24, 2.45) is 7.05 Å². The molecule has 0 aliphatic heterocycles. The quantitative estimate of drug-likeness (QED) is 0.610. The molecule has 0 unspecified atom stereocenters. The molecule has 0 atom stereocenters. The van der Waals surface area contributed by atoms with E-state index >= 15 is 0 Å². The van der Waals surface area contributed by atoms with Crippen molar-refractivity contribution >= 4 is 17.0 Å². The molecule has 15 heavy (non-hydrogen) atoms. The SMILES string of the molecule is Cc1c(C)n(C)c2ccc3c(c12)CC=C3. The smallest absolute Gasteiger partial charge is 0.0485 e. The van der Waals surface area contributed by atoms with Crippen LogP contribution < -0.4 is 0 Å². The molecule has 76 valence electrons. The lowest BCUT2D eigenvalue weighted by molar-refractivity contribution is 0.910. The second-order valence-electron chi connectivity index (χ2n) is 4.40. The summed E-state index contributed by atoms with van der Waals surface area (Å²) < 4.78 is 2.29. The zero-order valence-corrected chi connectivity index (χ0v) is 9.46. The Labute approximate surface area is 90.0 Å². The number of aromatic nitrogens is 1. The second-order valence-corrected chi connectivity index (χ2v) is 4.40. The molecule has 0 saturated heterocycles. The standard InChI is InChI=1S/C14H15N/c1-9-10(2)15(3)13-8-7-11-5-4-6-12(11)14(9)13/h4-5,7-8H,6H2,1-3H3. The van der Waals surface area contributed by atoms with Crippen LogP contribution in [-0.4, -0.2) is 4.57 Å². The molecule has 0 radical (unpaired) electrons. The van der Waals surface area contributed by atoms with Gasteiger partial charge in [-0.15, -0.1) is 0 Å². The van der Waals surface area contributed by atoms with Crippen LogP contribution in [0, 0.1) is 13.8 Å². The van der Waals surface area contributed by atoms with Crippen molar-refractivity contribution in [2.75, 3.05) is 0 Å². The van der Waals surface area contributed by atoms with E-state index in [0.717, 1.165) is 6.42 Å². The van der Waals surface area contributed by atoms with Crippen LogP contribution in [-0.2, 0) is 13.5 Å². The summed E-state index contributed by atoms with van der Waals surface area (Å²) in [6.45, 7) is 4.43. The van der Waals surface area contributed by atoms with Gasteiger partial charge in [0.2, 0.25) is 0 Å². The maximum Gasteiger partial charge on any atom is 0.0485 e. The fourth-order valence-electron chi connectivity index (χ4n) is 2.64. The number of hydrogen-bond acceptors (Lipinski definition) is 0. The van der Waals surface area contributed by atoms with Crippen molar-refractivity contribution < 1.29 is 0 Å². The third-order valence-corrected chi connectivity index (χ3v) is 3.73. The number of fused-ring (bicyclic) bond motifs is 3. The van der Waals surface area contributed by atoms with E-state index in [0.29, 0.717) is 0 Å². The lowest BCUT2D eigenvalue weighted by Crippen LogP contribution is -1.90. The molecule has 0 N–H and O–H groups in total. The first-order chi connectivity index (χ1) is 7.20. The second kappa shape index (κ2) is 2.75. The van der Waals surface area contributed by atoms with Crippen molar-refractivity contribution in [1.29, 1.82) is 0 Å². The summed E-state index contributed by atoms with van der Waals surface area (Å²) in [4.78, 5) is 0. The normalized spacial score (nSPS) is 13.8. The molecule has 2 aromatic rings. The Morgan fingerprint density at radius 2 is 2.00 bits per heavy atom. The van der Waals surface area contributed by atoms with Gasteiger partial charge >= 0.3 is 0 Å². The zero-order chi connectivity index (χ0) is 10.6. The van der Waals surface area contributed by atoms with Gasteiger partial charge in [0.1, 0.15) is 0 Å². The molecular formula is C14H15N. The van der Waals surface area contributed by atoms with E-state index in [9.17, 15) is 0 Å². The highest BCUT2D eigenvalue weighted by molar-refractivity contribution is 5.92. The molecule has 1 heteroatoms. The third kappa shape index (κ3) is 0.980. The van der Waals surface area contributed by atoms with E-state index in [-0.39, 0.29) is 0 Å². The largest absolute Gasteiger partial charge is 0.348 e. The van der Waals surface area contributed by atoms with Gasteiger partial charge in [0.15, 0.2) is 0 Å². The molecule has 1 heterocycles. The van der Waals surface area contributed by atoms with E-state index in [1.807, 2.05) is 0 Å². The Kier molecular flexibility index (Phi) is 1.61. The van der Waals surface area contributed by atoms with Crippen molar-refractivity contribution in [3.63, 3.8) is 0 Å². The first-order valence-corrected chi connectivity index (χ1v) is 5.44. The lowest BCUT2D eigenvalue weighted by Gasteiger charge is -2.03. The summed E-state index contributed by atoms with van der Waals surface area (Å²) in [5, 5.41) is 1.47. The maximum atomic E-state index is 2.29. The van der Waals surface area contributed by atoms with Crippen molar-refractivity contribution in [2.45, 2.75) is 20.3 Å². The topological polar surface area (TPSA) is 4.93 Å². The highest BCUT2D eigenvalue weighted by atomic mass is 14.9. The Morgan fingerprint density at radius 3 is 2.80 bits per heavy atom. The first kappa shape index (κ1) is 8.78. The van der Waals surface area contributed by atoms with Crippen LogP contribution in [0.1, 0.15) is 22.4 Å². The van der Waals surface area contributed by atoms with E-state index in [2.05, 4.69) is 49.7 Å². The van der Waals surface area contributed by atoms with E-state index in [1.165, 1.54) is 33.3 Å². The minimum Gasteiger partial charge on any atom is -0.348 e. The predicted octanol–water partition coefficient (Wildman–Crippen LogP) is 3.36. The monoisotopic (exact) mass is 197 g/mol. The van der Waals surface area contributed by atoms with Crippen LogP contribution in [0.4, 0.5) is 0 Å². The summed E-state index contributed by atoms with van der Waals surface area (Å²) in [5.41, 5.74) is 7.09. The minimum atomic E-state index is 1.09. The average molecular weight is 197 g/mol. The number of nitrogens with zero attached hydrogens (tertiary/aromatic N) is 1.